The van der Waals surface area contributed by atoms with Crippen molar-refractivity contribution in [3.8, 4) is 0 Å². The molecule has 0 aromatic heterocycles. The zero-order chi connectivity index (χ0) is 25.3. The molecule has 0 saturated carbocycles. The van der Waals surface area contributed by atoms with Crippen LogP contribution < -0.4 is 10.2 Å². The van der Waals surface area contributed by atoms with Crippen LogP contribution in [0, 0.1) is 0 Å². The van der Waals surface area contributed by atoms with Crippen LogP contribution in [0.2, 0.25) is 0 Å². The zero-order valence-electron chi connectivity index (χ0n) is 22.1. The summed E-state index contributed by atoms with van der Waals surface area (Å²) >= 11 is 0. The fourth-order valence-corrected chi connectivity index (χ4v) is 4.51. The maximum Gasteiger partial charge on any atom is 0.253 e. The summed E-state index contributed by atoms with van der Waals surface area (Å²) < 4.78 is 0. The lowest BCUT2D eigenvalue weighted by atomic mass is 9.86. The van der Waals surface area contributed by atoms with Crippen LogP contribution in [0.5, 0.6) is 0 Å². The zero-order valence-corrected chi connectivity index (χ0v) is 22.1. The molecule has 3 rings (SSSR count). The van der Waals surface area contributed by atoms with Crippen LogP contribution in [-0.4, -0.2) is 42.9 Å². The maximum atomic E-state index is 13.0. The number of rotatable bonds is 10. The molecule has 1 aliphatic heterocycles. The van der Waals surface area contributed by atoms with Gasteiger partial charge >= 0.3 is 0 Å². The number of benzene rings is 2. The van der Waals surface area contributed by atoms with E-state index in [9.17, 15) is 9.59 Å². The first-order valence-corrected chi connectivity index (χ1v) is 13.3. The first-order chi connectivity index (χ1) is 16.8. The Labute approximate surface area is 211 Å². The lowest BCUT2D eigenvalue weighted by Crippen LogP contribution is -2.48. The van der Waals surface area contributed by atoms with Crippen molar-refractivity contribution in [2.45, 2.75) is 78.1 Å². The van der Waals surface area contributed by atoms with Crippen LogP contribution in [0.15, 0.2) is 48.5 Å². The smallest absolute Gasteiger partial charge is 0.253 e. The van der Waals surface area contributed by atoms with Gasteiger partial charge in [-0.25, -0.2) is 0 Å². The Morgan fingerprint density at radius 1 is 0.800 bits per heavy atom. The molecule has 2 aromatic rings. The second kappa shape index (κ2) is 12.8. The third kappa shape index (κ3) is 8.12. The molecule has 190 valence electrons. The number of piperazine rings is 1. The molecule has 1 aliphatic rings. The molecular weight excluding hydrogens is 434 g/mol. The van der Waals surface area contributed by atoms with E-state index in [-0.39, 0.29) is 17.2 Å². The summed E-state index contributed by atoms with van der Waals surface area (Å²) in [5.41, 5.74) is 4.05. The highest BCUT2D eigenvalue weighted by molar-refractivity contribution is 5.94. The fourth-order valence-electron chi connectivity index (χ4n) is 4.51. The quantitative estimate of drug-likeness (QED) is 0.391. The Kier molecular flexibility index (Phi) is 9.76. The molecular formula is C30H43N3O2. The van der Waals surface area contributed by atoms with Crippen LogP contribution in [0.25, 0.3) is 0 Å². The molecule has 2 amide bonds. The van der Waals surface area contributed by atoms with Gasteiger partial charge < -0.3 is 15.1 Å². The van der Waals surface area contributed by atoms with Gasteiger partial charge in [-0.1, -0.05) is 71.9 Å². The van der Waals surface area contributed by atoms with E-state index >= 15 is 0 Å². The molecule has 0 unspecified atom stereocenters. The number of nitrogens with zero attached hydrogens (tertiary/aromatic N) is 2. The normalized spacial score (nSPS) is 14.2. The highest BCUT2D eigenvalue weighted by Gasteiger charge is 2.23. The predicted molar refractivity (Wildman–Crippen MR) is 146 cm³/mol. The van der Waals surface area contributed by atoms with Crippen molar-refractivity contribution in [3.05, 3.63) is 59.7 Å². The summed E-state index contributed by atoms with van der Waals surface area (Å²) in [7, 11) is 0. The van der Waals surface area contributed by atoms with Crippen molar-refractivity contribution in [1.82, 2.24) is 4.90 Å². The Hall–Kier alpha value is -2.82. The number of hydrogen-bond donors (Lipinski definition) is 1. The fraction of sp³-hybridized carbons (Fsp3) is 0.533. The third-order valence-corrected chi connectivity index (χ3v) is 6.84. The number of carbonyl (C=O) groups is 2. The molecule has 1 fully saturated rings. The second-order valence-corrected chi connectivity index (χ2v) is 10.7. The Balaban J connectivity index is 1.43. The number of carbonyl (C=O) groups excluding carboxylic acids is 2. The highest BCUT2D eigenvalue weighted by atomic mass is 16.2. The van der Waals surface area contributed by atoms with Crippen LogP contribution in [0.1, 0.15) is 88.6 Å². The van der Waals surface area contributed by atoms with Gasteiger partial charge in [0.2, 0.25) is 5.91 Å². The van der Waals surface area contributed by atoms with E-state index in [0.29, 0.717) is 19.5 Å². The van der Waals surface area contributed by atoms with Crippen LogP contribution >= 0.6 is 0 Å². The van der Waals surface area contributed by atoms with E-state index in [2.05, 4.69) is 62.2 Å². The van der Waals surface area contributed by atoms with E-state index in [4.69, 9.17) is 0 Å². The summed E-state index contributed by atoms with van der Waals surface area (Å²) in [4.78, 5) is 29.4. The van der Waals surface area contributed by atoms with Gasteiger partial charge in [-0.05, 0) is 53.8 Å². The van der Waals surface area contributed by atoms with E-state index in [1.807, 2.05) is 29.2 Å². The van der Waals surface area contributed by atoms with Crippen LogP contribution in [0.3, 0.4) is 0 Å². The van der Waals surface area contributed by atoms with E-state index in [1.54, 1.807) is 0 Å². The molecule has 1 N–H and O–H groups in total. The van der Waals surface area contributed by atoms with Crippen molar-refractivity contribution in [3.63, 3.8) is 0 Å². The van der Waals surface area contributed by atoms with Crippen molar-refractivity contribution in [2.24, 2.45) is 0 Å². The molecule has 0 spiro atoms. The predicted octanol–water partition coefficient (Wildman–Crippen LogP) is 6.64. The first-order valence-electron chi connectivity index (χ1n) is 13.3. The van der Waals surface area contributed by atoms with Gasteiger partial charge in [0.25, 0.3) is 5.91 Å². The van der Waals surface area contributed by atoms with Crippen LogP contribution in [0.4, 0.5) is 11.4 Å². The van der Waals surface area contributed by atoms with Gasteiger partial charge in [0.05, 0.1) is 0 Å². The van der Waals surface area contributed by atoms with Crippen molar-refractivity contribution < 1.29 is 9.59 Å². The summed E-state index contributed by atoms with van der Waals surface area (Å²) in [5, 5.41) is 3.02. The summed E-state index contributed by atoms with van der Waals surface area (Å²) in [6, 6.07) is 16.1. The number of amides is 2. The molecule has 1 saturated heterocycles. The van der Waals surface area contributed by atoms with Gasteiger partial charge in [0.15, 0.2) is 0 Å². The summed E-state index contributed by atoms with van der Waals surface area (Å²) in [6.07, 6.45) is 7.69. The average Bonchev–Trinajstić information content (AvgIpc) is 2.86. The SMILES string of the molecule is CCCCCCCCC(=O)Nc1ccc(N2CCN(C(=O)c3ccc(C(C)(C)C)cc3)CC2)cc1. The van der Waals surface area contributed by atoms with Gasteiger partial charge in [-0.15, -0.1) is 0 Å². The molecule has 0 atom stereocenters. The second-order valence-electron chi connectivity index (χ2n) is 10.7. The molecule has 0 bridgehead atoms. The number of unbranched alkanes of at least 4 members (excludes halogenated alkanes) is 5. The molecule has 35 heavy (non-hydrogen) atoms. The van der Waals surface area contributed by atoms with Gasteiger partial charge in [0, 0.05) is 49.5 Å². The van der Waals surface area contributed by atoms with Gasteiger partial charge in [-0.2, -0.15) is 0 Å². The molecule has 1 heterocycles. The molecule has 2 aromatic carbocycles. The Morgan fingerprint density at radius 2 is 1.40 bits per heavy atom. The van der Waals surface area contributed by atoms with Gasteiger partial charge in [0.1, 0.15) is 0 Å². The minimum Gasteiger partial charge on any atom is -0.368 e. The van der Waals surface area contributed by atoms with Crippen LogP contribution in [-0.2, 0) is 10.2 Å². The van der Waals surface area contributed by atoms with E-state index in [0.717, 1.165) is 42.9 Å². The largest absolute Gasteiger partial charge is 0.368 e. The molecule has 0 radical (unpaired) electrons. The summed E-state index contributed by atoms with van der Waals surface area (Å²) in [6.45, 7) is 11.8. The Morgan fingerprint density at radius 3 is 2.00 bits per heavy atom. The highest BCUT2D eigenvalue weighted by Crippen LogP contribution is 2.24. The standard InChI is InChI=1S/C30H43N3O2/c1-5-6-7-8-9-10-11-28(34)31-26-16-18-27(19-17-26)32-20-22-33(23-21-32)29(35)24-12-14-25(15-13-24)30(2,3)4/h12-19H,5-11,20-23H2,1-4H3,(H,31,34). The van der Waals surface area contributed by atoms with E-state index < -0.39 is 0 Å². The monoisotopic (exact) mass is 477 g/mol. The van der Waals surface area contributed by atoms with Crippen molar-refractivity contribution in [1.29, 1.82) is 0 Å². The third-order valence-electron chi connectivity index (χ3n) is 6.84. The first kappa shape index (κ1) is 26.8. The minimum absolute atomic E-state index is 0.0828. The molecule has 5 nitrogen and oxygen atoms in total. The average molecular weight is 478 g/mol. The number of anilines is 2. The maximum absolute atomic E-state index is 13.0. The molecule has 5 heteroatoms. The van der Waals surface area contributed by atoms with Gasteiger partial charge in [-0.3, -0.25) is 9.59 Å². The number of nitrogens with one attached hydrogen (secondary N) is 1. The van der Waals surface area contributed by atoms with E-state index in [1.165, 1.54) is 31.2 Å². The number of hydrogen-bond acceptors (Lipinski definition) is 3. The summed E-state index contributed by atoms with van der Waals surface area (Å²) in [5.74, 6) is 0.199. The lowest BCUT2D eigenvalue weighted by Gasteiger charge is -2.36. The van der Waals surface area contributed by atoms with Crippen molar-refractivity contribution in [2.75, 3.05) is 36.4 Å². The molecule has 0 aliphatic carbocycles. The Bertz CT molecular complexity index is 937. The minimum atomic E-state index is 0.0828. The lowest BCUT2D eigenvalue weighted by molar-refractivity contribution is -0.116. The van der Waals surface area contributed by atoms with Crippen molar-refractivity contribution >= 4 is 23.2 Å². The topological polar surface area (TPSA) is 52.7 Å².